The number of benzene rings is 2. The first kappa shape index (κ1) is 18.0. The van der Waals surface area contributed by atoms with E-state index in [1.54, 1.807) is 10.6 Å². The van der Waals surface area contributed by atoms with Crippen molar-refractivity contribution in [1.82, 2.24) is 14.5 Å². The second-order valence-corrected chi connectivity index (χ2v) is 8.05. The maximum absolute atomic E-state index is 13.0. The van der Waals surface area contributed by atoms with Crippen molar-refractivity contribution < 1.29 is 0 Å². The Balaban J connectivity index is 1.60. The Morgan fingerprint density at radius 1 is 1.00 bits per heavy atom. The Hall–Kier alpha value is -3.11. The van der Waals surface area contributed by atoms with E-state index < -0.39 is 0 Å². The lowest BCUT2D eigenvalue weighted by Gasteiger charge is -2.14. The molecule has 0 unspecified atom stereocenters. The Bertz CT molecular complexity index is 1310. The first-order valence-electron chi connectivity index (χ1n) is 10.1. The summed E-state index contributed by atoms with van der Waals surface area (Å²) >= 11 is 0. The van der Waals surface area contributed by atoms with Gasteiger partial charge in [0, 0.05) is 36.9 Å². The van der Waals surface area contributed by atoms with Crippen LogP contribution < -0.4 is 10.9 Å². The van der Waals surface area contributed by atoms with Crippen LogP contribution in [-0.4, -0.2) is 15.7 Å². The van der Waals surface area contributed by atoms with Gasteiger partial charge >= 0.3 is 0 Å². The molecule has 0 radical (unpaired) electrons. The molecule has 29 heavy (non-hydrogen) atoms. The van der Waals surface area contributed by atoms with E-state index in [-0.39, 0.29) is 5.56 Å². The molecule has 0 spiro atoms. The highest BCUT2D eigenvalue weighted by molar-refractivity contribution is 5.87. The zero-order chi connectivity index (χ0) is 20.1. The van der Waals surface area contributed by atoms with Gasteiger partial charge in [0.1, 0.15) is 0 Å². The molecule has 4 heteroatoms. The molecule has 2 aromatic heterocycles. The molecule has 1 aliphatic rings. The number of aromatic nitrogens is 2. The molecular formula is C25H25N3O. The van der Waals surface area contributed by atoms with Gasteiger partial charge in [0.25, 0.3) is 5.56 Å². The number of fused-ring (bicyclic) bond motifs is 3. The fourth-order valence-electron chi connectivity index (χ4n) is 4.63. The van der Waals surface area contributed by atoms with Crippen LogP contribution >= 0.6 is 0 Å². The van der Waals surface area contributed by atoms with Gasteiger partial charge < -0.3 is 9.88 Å². The molecular weight excluding hydrogens is 358 g/mol. The molecule has 0 atom stereocenters. The zero-order valence-corrected chi connectivity index (χ0v) is 17.1. The van der Waals surface area contributed by atoms with Crippen LogP contribution in [-0.2, 0) is 20.0 Å². The van der Waals surface area contributed by atoms with Gasteiger partial charge in [-0.2, -0.15) is 0 Å². The van der Waals surface area contributed by atoms with Crippen molar-refractivity contribution in [3.8, 4) is 16.8 Å². The van der Waals surface area contributed by atoms with Gasteiger partial charge in [0.05, 0.1) is 11.2 Å². The van der Waals surface area contributed by atoms with E-state index in [0.29, 0.717) is 0 Å². The molecule has 2 aromatic carbocycles. The number of pyridine rings is 1. The lowest BCUT2D eigenvalue weighted by molar-refractivity contribution is 0.614. The molecule has 146 valence electrons. The number of nitrogens with one attached hydrogen (secondary N) is 1. The number of hydrogen-bond acceptors (Lipinski definition) is 2. The van der Waals surface area contributed by atoms with Gasteiger partial charge in [-0.1, -0.05) is 29.8 Å². The molecule has 1 aliphatic heterocycles. The molecule has 5 rings (SSSR count). The van der Waals surface area contributed by atoms with Crippen LogP contribution in [0.5, 0.6) is 0 Å². The van der Waals surface area contributed by atoms with E-state index in [1.807, 2.05) is 12.3 Å². The van der Waals surface area contributed by atoms with Crippen molar-refractivity contribution in [3.05, 3.63) is 87.5 Å². The minimum atomic E-state index is -0.0116. The second kappa shape index (κ2) is 6.75. The van der Waals surface area contributed by atoms with Crippen LogP contribution in [0.1, 0.15) is 22.4 Å². The van der Waals surface area contributed by atoms with Gasteiger partial charge in [-0.25, -0.2) is 0 Å². The highest BCUT2D eigenvalue weighted by atomic mass is 16.1. The quantitative estimate of drug-likeness (QED) is 0.562. The monoisotopic (exact) mass is 383 g/mol. The number of nitrogens with zero attached hydrogens (tertiary/aromatic N) is 2. The molecule has 4 nitrogen and oxygen atoms in total. The van der Waals surface area contributed by atoms with Gasteiger partial charge in [0.2, 0.25) is 0 Å². The summed E-state index contributed by atoms with van der Waals surface area (Å²) in [6.45, 7) is 6.10. The number of hydrogen-bond donors (Lipinski definition) is 1. The molecule has 0 bridgehead atoms. The van der Waals surface area contributed by atoms with E-state index in [4.69, 9.17) is 0 Å². The van der Waals surface area contributed by atoms with Crippen molar-refractivity contribution in [2.75, 3.05) is 6.54 Å². The highest BCUT2D eigenvalue weighted by Crippen LogP contribution is 2.29. The molecule has 3 heterocycles. The number of aryl methyl sites for hydroxylation is 3. The summed E-state index contributed by atoms with van der Waals surface area (Å²) in [7, 11) is 2.12. The Labute approximate surface area is 170 Å². The molecule has 0 saturated carbocycles. The van der Waals surface area contributed by atoms with Crippen LogP contribution in [0.4, 0.5) is 0 Å². The first-order chi connectivity index (χ1) is 14.0. The first-order valence-corrected chi connectivity index (χ1v) is 10.1. The van der Waals surface area contributed by atoms with E-state index in [9.17, 15) is 4.79 Å². The predicted molar refractivity (Wildman–Crippen MR) is 119 cm³/mol. The number of rotatable bonds is 2. The summed E-state index contributed by atoms with van der Waals surface area (Å²) in [5.74, 6) is 0. The van der Waals surface area contributed by atoms with Gasteiger partial charge in [0.15, 0.2) is 0 Å². The van der Waals surface area contributed by atoms with Crippen molar-refractivity contribution in [1.29, 1.82) is 0 Å². The van der Waals surface area contributed by atoms with Crippen LogP contribution in [0, 0.1) is 13.8 Å². The van der Waals surface area contributed by atoms with Gasteiger partial charge in [-0.15, -0.1) is 0 Å². The minimum absolute atomic E-state index is 0.0116. The smallest absolute Gasteiger partial charge is 0.255 e. The van der Waals surface area contributed by atoms with E-state index in [2.05, 4.69) is 67.2 Å². The third kappa shape index (κ3) is 2.91. The van der Waals surface area contributed by atoms with E-state index in [1.165, 1.54) is 33.3 Å². The average Bonchev–Trinajstić information content (AvgIpc) is 3.00. The minimum Gasteiger partial charge on any atom is -0.346 e. The van der Waals surface area contributed by atoms with Crippen molar-refractivity contribution in [3.63, 3.8) is 0 Å². The maximum Gasteiger partial charge on any atom is 0.255 e. The molecule has 0 amide bonds. The summed E-state index contributed by atoms with van der Waals surface area (Å²) < 4.78 is 3.99. The normalized spacial score (nSPS) is 13.6. The summed E-state index contributed by atoms with van der Waals surface area (Å²) in [6.07, 6.45) is 2.94. The molecule has 0 saturated heterocycles. The largest absolute Gasteiger partial charge is 0.346 e. The average molecular weight is 383 g/mol. The van der Waals surface area contributed by atoms with Crippen LogP contribution in [0.25, 0.3) is 27.7 Å². The Kier molecular flexibility index (Phi) is 4.18. The molecule has 0 aliphatic carbocycles. The maximum atomic E-state index is 13.0. The third-order valence-corrected chi connectivity index (χ3v) is 6.16. The Morgan fingerprint density at radius 2 is 1.86 bits per heavy atom. The van der Waals surface area contributed by atoms with Crippen molar-refractivity contribution in [2.24, 2.45) is 7.05 Å². The Morgan fingerprint density at radius 3 is 2.66 bits per heavy atom. The standard InChI is InChI=1S/C25H25N3O/c1-16-4-6-20(17(2)12-16)18-9-11-28(25(29)13-18)19-5-7-21-22-8-10-26-15-24(22)27(3)23(21)14-19/h4-7,9,11-14,26H,8,10,15H2,1-3H3. The fourth-order valence-corrected chi connectivity index (χ4v) is 4.63. The van der Waals surface area contributed by atoms with Crippen LogP contribution in [0.2, 0.25) is 0 Å². The predicted octanol–water partition coefficient (Wildman–Crippen LogP) is 4.26. The summed E-state index contributed by atoms with van der Waals surface area (Å²) in [4.78, 5) is 13.0. The fraction of sp³-hybridized carbons (Fsp3) is 0.240. The summed E-state index contributed by atoms with van der Waals surface area (Å²) in [6, 6.07) is 16.5. The topological polar surface area (TPSA) is 39.0 Å². The van der Waals surface area contributed by atoms with Crippen molar-refractivity contribution in [2.45, 2.75) is 26.8 Å². The molecule has 0 fully saturated rings. The molecule has 4 aromatic rings. The van der Waals surface area contributed by atoms with Gasteiger partial charge in [-0.3, -0.25) is 9.36 Å². The third-order valence-electron chi connectivity index (χ3n) is 6.16. The van der Waals surface area contributed by atoms with Crippen LogP contribution in [0.15, 0.2) is 59.5 Å². The van der Waals surface area contributed by atoms with E-state index >= 15 is 0 Å². The SMILES string of the molecule is Cc1ccc(-c2ccn(-c3ccc4c5c(n(C)c4c3)CNCC5)c(=O)c2)c(C)c1. The summed E-state index contributed by atoms with van der Waals surface area (Å²) in [5.41, 5.74) is 9.35. The lowest BCUT2D eigenvalue weighted by atomic mass is 9.99. The molecule has 1 N–H and O–H groups in total. The lowest BCUT2D eigenvalue weighted by Crippen LogP contribution is -2.24. The second-order valence-electron chi connectivity index (χ2n) is 8.05. The van der Waals surface area contributed by atoms with Crippen molar-refractivity contribution >= 4 is 10.9 Å². The van der Waals surface area contributed by atoms with Crippen LogP contribution in [0.3, 0.4) is 0 Å². The highest BCUT2D eigenvalue weighted by Gasteiger charge is 2.18. The van der Waals surface area contributed by atoms with E-state index in [0.717, 1.165) is 36.3 Å². The summed E-state index contributed by atoms with van der Waals surface area (Å²) in [5, 5.41) is 4.75. The van der Waals surface area contributed by atoms with Gasteiger partial charge in [-0.05, 0) is 67.3 Å². The zero-order valence-electron chi connectivity index (χ0n) is 17.1.